The van der Waals surface area contributed by atoms with Gasteiger partial charge in [0.2, 0.25) is 11.8 Å². The summed E-state index contributed by atoms with van der Waals surface area (Å²) in [6.45, 7) is 12.9. The maximum Gasteiger partial charge on any atom is 0.326 e. The zero-order valence-corrected chi connectivity index (χ0v) is 69.7. The highest BCUT2D eigenvalue weighted by Gasteiger charge is 2.28. The van der Waals surface area contributed by atoms with Crippen LogP contribution in [0.3, 0.4) is 0 Å². The van der Waals surface area contributed by atoms with Crippen molar-refractivity contribution in [2.45, 2.75) is 217 Å². The van der Waals surface area contributed by atoms with Crippen LogP contribution in [0, 0.1) is 0 Å². The summed E-state index contributed by atoms with van der Waals surface area (Å²) in [7, 11) is 5.00. The molecule has 0 aliphatic carbocycles. The van der Waals surface area contributed by atoms with Crippen LogP contribution in [0.1, 0.15) is 181 Å². The highest BCUT2D eigenvalue weighted by Crippen LogP contribution is 2.26. The summed E-state index contributed by atoms with van der Waals surface area (Å²) >= 11 is 0. The number of nitrogens with one attached hydrogen (secondary N) is 3. The molecule has 5 atom stereocenters. The van der Waals surface area contributed by atoms with Gasteiger partial charge >= 0.3 is 5.97 Å². The lowest BCUT2D eigenvalue weighted by atomic mass is 10.0. The minimum atomic E-state index is -1.13. The molecule has 2 aromatic carbocycles. The Hall–Kier alpha value is -7.63. The fourth-order valence-electron chi connectivity index (χ4n) is 11.9. The molecule has 12 N–H and O–H groups in total. The second kappa shape index (κ2) is 66.2. The molecule has 4 aromatic heterocycles. The van der Waals surface area contributed by atoms with Crippen molar-refractivity contribution >= 4 is 17.8 Å². The summed E-state index contributed by atoms with van der Waals surface area (Å²) in [5, 5.41) is 69.7. The normalized spacial score (nSPS) is 12.8. The standard InChI is InChI=1S/C50H88N12O11.C31H50N6O7/c1-68-35-28-62-39-42(58-60-62)22-33-73-50(72-32-21-41-38-61(27-29-63)59-57-41)40-17-19-43(20-18-40)71-31-13-5-3-2-4-12-30-69-36-37-70-34-26-54-25-11-8-15-45(55-47(64)44(53)14-6-9-23-51)48(65)56-46(49(66)67)16-7-10-24-52;1-39-22-16-37-26-29(33-35-37)14-21-44-31(43-20-13-28-25-36(15-17-38)34-32-28)27-9-11-30(12-10-27)42-19-8-6-4-3-5-7-18-41-24-23-40-2/h17-20,38-39,44-46,50,54,63H,2-16,21-37,51-53H2,1H3,(H,55,64)(H,56,65)(H,66,67);9-12,25-26,31,38H,3-8,13-24H2,1-2H3/t44-,45-,46-,50?;/m0./s1. The van der Waals surface area contributed by atoms with Crippen LogP contribution < -0.4 is 42.6 Å². The number of amides is 2. The van der Waals surface area contributed by atoms with Gasteiger partial charge in [-0.2, -0.15) is 0 Å². The van der Waals surface area contributed by atoms with Gasteiger partial charge in [-0.3, -0.25) is 9.59 Å². The Morgan fingerprint density at radius 3 is 1.17 bits per heavy atom. The number of ether oxygens (including phenoxy) is 12. The predicted molar refractivity (Wildman–Crippen MR) is 438 cm³/mol. The minimum absolute atomic E-state index is 0.00603. The van der Waals surface area contributed by atoms with Crippen molar-refractivity contribution in [3.05, 3.63) is 107 Å². The topological polar surface area (TPSA) is 460 Å². The summed E-state index contributed by atoms with van der Waals surface area (Å²) in [5.41, 5.74) is 22.2. The van der Waals surface area contributed by atoms with Crippen LogP contribution in [-0.4, -0.2) is 271 Å². The Bertz CT molecular complexity index is 3390. The number of hydrogen-bond acceptors (Lipinski definition) is 29. The molecular weight excluding hydrogens is 1510 g/mol. The Kier molecular flexibility index (Phi) is 56.5. The van der Waals surface area contributed by atoms with Crippen LogP contribution >= 0.6 is 0 Å². The average molecular weight is 1650 g/mol. The van der Waals surface area contributed by atoms with E-state index in [9.17, 15) is 24.6 Å². The van der Waals surface area contributed by atoms with Gasteiger partial charge in [-0.15, -0.1) is 20.4 Å². The number of aliphatic hydroxyl groups excluding tert-OH is 2. The maximum atomic E-state index is 13.2. The number of carboxylic acid groups (broad SMARTS) is 1. The van der Waals surface area contributed by atoms with Crippen LogP contribution in [0.4, 0.5) is 0 Å². The molecule has 0 saturated heterocycles. The van der Waals surface area contributed by atoms with Crippen molar-refractivity contribution in [1.82, 2.24) is 75.9 Å². The number of benzene rings is 2. The Labute approximate surface area is 690 Å². The maximum absolute atomic E-state index is 13.2. The quantitative estimate of drug-likeness (QED) is 0.0166. The Balaban J connectivity index is 0.000000471. The zero-order chi connectivity index (χ0) is 83.7. The molecule has 4 heterocycles. The molecule has 2 unspecified atom stereocenters. The third-order valence-electron chi connectivity index (χ3n) is 18.6. The number of carbonyl (C=O) groups excluding carboxylic acids is 2. The number of carboxylic acids is 1. The first-order chi connectivity index (χ1) is 57.4. The zero-order valence-electron chi connectivity index (χ0n) is 69.7. The molecule has 0 saturated carbocycles. The number of nitrogens with two attached hydrogens (primary N) is 3. The molecule has 0 aliphatic rings. The van der Waals surface area contributed by atoms with E-state index in [2.05, 4.69) is 57.2 Å². The average Bonchev–Trinajstić information content (AvgIpc) is 1.86. The van der Waals surface area contributed by atoms with E-state index in [1.807, 2.05) is 67.1 Å². The van der Waals surface area contributed by atoms with Crippen molar-refractivity contribution in [2.75, 3.05) is 160 Å². The second-order valence-electron chi connectivity index (χ2n) is 28.3. The monoisotopic (exact) mass is 1650 g/mol. The lowest BCUT2D eigenvalue weighted by Crippen LogP contribution is -2.54. The highest BCUT2D eigenvalue weighted by molar-refractivity contribution is 5.91. The molecule has 660 valence electrons. The van der Waals surface area contributed by atoms with Crippen molar-refractivity contribution in [2.24, 2.45) is 17.2 Å². The van der Waals surface area contributed by atoms with Gasteiger partial charge in [0, 0.05) is 103 Å². The summed E-state index contributed by atoms with van der Waals surface area (Å²) in [6.07, 6.45) is 26.9. The molecule has 0 fully saturated rings. The summed E-state index contributed by atoms with van der Waals surface area (Å²) in [5.74, 6) is -0.485. The summed E-state index contributed by atoms with van der Waals surface area (Å²) in [6, 6.07) is 12.9. The van der Waals surface area contributed by atoms with Gasteiger partial charge in [0.05, 0.1) is 154 Å². The largest absolute Gasteiger partial charge is 0.494 e. The van der Waals surface area contributed by atoms with Crippen LogP contribution in [-0.2, 0) is 114 Å². The number of carbonyl (C=O) groups is 3. The summed E-state index contributed by atoms with van der Waals surface area (Å²) in [4.78, 5) is 37.8. The number of unbranched alkanes of at least 4 members (excludes halogenated alkanes) is 13. The molecule has 0 bridgehead atoms. The predicted octanol–water partition coefficient (Wildman–Crippen LogP) is 5.59. The number of aliphatic hydroxyl groups is 2. The smallest absolute Gasteiger partial charge is 0.326 e. The second-order valence-corrected chi connectivity index (χ2v) is 28.3. The lowest BCUT2D eigenvalue weighted by molar-refractivity contribution is -0.146. The first-order valence-corrected chi connectivity index (χ1v) is 42.0. The molecule has 6 rings (SSSR count). The Morgan fingerprint density at radius 1 is 0.393 bits per heavy atom. The van der Waals surface area contributed by atoms with E-state index >= 15 is 0 Å². The van der Waals surface area contributed by atoms with E-state index in [-0.39, 0.29) is 19.6 Å². The van der Waals surface area contributed by atoms with Crippen LogP contribution in [0.2, 0.25) is 0 Å². The molecule has 117 heavy (non-hydrogen) atoms. The molecule has 0 spiro atoms. The molecular formula is C81H138N18O18. The van der Waals surface area contributed by atoms with Crippen molar-refractivity contribution in [3.63, 3.8) is 0 Å². The third-order valence-corrected chi connectivity index (χ3v) is 18.6. The van der Waals surface area contributed by atoms with Gasteiger partial charge < -0.3 is 105 Å². The van der Waals surface area contributed by atoms with Gasteiger partial charge in [0.15, 0.2) is 12.6 Å². The molecule has 36 heteroatoms. The number of nitrogens with zero attached hydrogens (tertiary/aromatic N) is 12. The van der Waals surface area contributed by atoms with Crippen molar-refractivity contribution in [3.8, 4) is 11.5 Å². The first-order valence-electron chi connectivity index (χ1n) is 42.0. The fourth-order valence-corrected chi connectivity index (χ4v) is 11.9. The van der Waals surface area contributed by atoms with E-state index in [0.29, 0.717) is 209 Å². The van der Waals surface area contributed by atoms with Crippen LogP contribution in [0.15, 0.2) is 73.3 Å². The van der Waals surface area contributed by atoms with Gasteiger partial charge in [-0.1, -0.05) is 103 Å². The van der Waals surface area contributed by atoms with Gasteiger partial charge in [-0.25, -0.2) is 23.5 Å². The van der Waals surface area contributed by atoms with E-state index in [0.717, 1.165) is 123 Å². The van der Waals surface area contributed by atoms with E-state index in [1.165, 1.54) is 19.3 Å². The van der Waals surface area contributed by atoms with Gasteiger partial charge in [0.25, 0.3) is 0 Å². The first kappa shape index (κ1) is 99.9. The fraction of sp³-hybridized carbons (Fsp3) is 0.716. The van der Waals surface area contributed by atoms with E-state index in [1.54, 1.807) is 46.3 Å². The van der Waals surface area contributed by atoms with Crippen LogP contribution in [0.5, 0.6) is 11.5 Å². The minimum Gasteiger partial charge on any atom is -0.494 e. The lowest BCUT2D eigenvalue weighted by Gasteiger charge is -2.23. The summed E-state index contributed by atoms with van der Waals surface area (Å²) < 4.78 is 75.7. The Morgan fingerprint density at radius 2 is 0.761 bits per heavy atom. The molecule has 36 nitrogen and oxygen atoms in total. The molecule has 2 amide bonds. The number of hydrogen-bond donors (Lipinski definition) is 9. The number of aromatic nitrogens is 12. The van der Waals surface area contributed by atoms with E-state index in [4.69, 9.17) is 79.1 Å². The number of aliphatic carboxylic acids is 1. The molecule has 0 aliphatic heterocycles. The van der Waals surface area contributed by atoms with Crippen molar-refractivity contribution in [1.29, 1.82) is 0 Å². The highest BCUT2D eigenvalue weighted by atomic mass is 16.7. The third kappa shape index (κ3) is 47.1. The SMILES string of the molecule is COCCOCCCCCCCCOc1ccc(C(OCCc2cn(CCO)nn2)OCCc2cn(CCOC)nn2)cc1.COCCn1cc(CCOC(OCCc2cn(CCO)nn2)c2ccc(OCCCCCCCCOCCOCCNCCCC[C@H](NC(=O)[C@@H](N)CCCCN)C(=O)N[C@@H](CCCCN)C(=O)O)cc2)nn1. The number of rotatable bonds is 75. The van der Waals surface area contributed by atoms with E-state index < -0.39 is 48.5 Å². The van der Waals surface area contributed by atoms with Crippen molar-refractivity contribution < 1.29 is 86.5 Å². The molecule has 6 aromatic rings. The van der Waals surface area contributed by atoms with Crippen LogP contribution in [0.25, 0.3) is 0 Å². The molecule has 0 radical (unpaired) electrons. The number of methoxy groups -OCH3 is 3. The van der Waals surface area contributed by atoms with Gasteiger partial charge in [-0.05, 0) is 121 Å². The van der Waals surface area contributed by atoms with Gasteiger partial charge in [0.1, 0.15) is 23.6 Å².